The number of aromatic nitrogens is 1. The summed E-state index contributed by atoms with van der Waals surface area (Å²) >= 11 is 14.4. The van der Waals surface area contributed by atoms with Crippen LogP contribution < -0.4 is 20.1 Å². The highest BCUT2D eigenvalue weighted by atomic mass is 127. The third-order valence-electron chi connectivity index (χ3n) is 15.6. The first kappa shape index (κ1) is 61.0. The number of nitrogens with one attached hydrogen (secondary N) is 2. The van der Waals surface area contributed by atoms with Gasteiger partial charge in [0, 0.05) is 68.9 Å². The van der Waals surface area contributed by atoms with E-state index in [9.17, 15) is 24.6 Å². The third kappa shape index (κ3) is 13.1. The number of hydrogen-bond acceptors (Lipinski definition) is 18. The number of carbonyl (C=O) groups is 4. The van der Waals surface area contributed by atoms with Crippen molar-refractivity contribution in [3.05, 3.63) is 46.2 Å². The Morgan fingerprint density at radius 1 is 0.920 bits per heavy atom. The quantitative estimate of drug-likeness (QED) is 0.0609. The van der Waals surface area contributed by atoms with Crippen LogP contribution >= 0.6 is 45.8 Å². The van der Waals surface area contributed by atoms with Crippen LogP contribution in [0.25, 0.3) is 0 Å². The number of benzene rings is 1. The van der Waals surface area contributed by atoms with E-state index in [-0.39, 0.29) is 77.4 Å². The normalized spacial score (nSPS) is 38.0. The van der Waals surface area contributed by atoms with E-state index in [0.717, 1.165) is 0 Å². The van der Waals surface area contributed by atoms with Crippen molar-refractivity contribution >= 4 is 75.2 Å². The molecule has 75 heavy (non-hydrogen) atoms. The van der Waals surface area contributed by atoms with Gasteiger partial charge in [0.25, 0.3) is 5.91 Å². The number of fused-ring (bicyclic) bond motifs is 1. The summed E-state index contributed by atoms with van der Waals surface area (Å²) in [4.78, 5) is 62.9. The molecule has 0 unspecified atom stereocenters. The van der Waals surface area contributed by atoms with E-state index in [2.05, 4.69) is 15.6 Å². The van der Waals surface area contributed by atoms with Crippen molar-refractivity contribution in [3.63, 3.8) is 0 Å². The Balaban J connectivity index is 1.32. The number of pyridine rings is 1. The van der Waals surface area contributed by atoms with Crippen LogP contribution in [0.4, 0.5) is 10.5 Å². The predicted octanol–water partition coefficient (Wildman–Crippen LogP) is 6.98. The lowest BCUT2D eigenvalue weighted by atomic mass is 9.74. The third-order valence-corrected chi connectivity index (χ3v) is 17.6. The molecule has 2 aromatic rings. The van der Waals surface area contributed by atoms with Crippen molar-refractivity contribution in [3.8, 4) is 11.5 Å². The van der Waals surface area contributed by atoms with Gasteiger partial charge in [0.2, 0.25) is 0 Å². The molecule has 0 aliphatic carbocycles. The van der Waals surface area contributed by atoms with Crippen LogP contribution in [0.5, 0.6) is 11.5 Å². The maximum Gasteiger partial charge on any atom is 0.410 e. The molecule has 0 radical (unpaired) electrons. The fraction of sp³-hybridized carbons (Fsp3) is 0.712. The van der Waals surface area contributed by atoms with E-state index in [4.69, 9.17) is 70.6 Å². The Hall–Kier alpha value is -3.20. The Morgan fingerprint density at radius 2 is 1.59 bits per heavy atom. The molecule has 0 spiro atoms. The number of likely N-dealkylation sites (N-methyl/N-ethyl adjacent to an activating group) is 1. The van der Waals surface area contributed by atoms with Gasteiger partial charge in [0.05, 0.1) is 77.0 Å². The highest BCUT2D eigenvalue weighted by Crippen LogP contribution is 2.45. The number of hydrogen-bond donors (Lipinski definition) is 4. The molecule has 420 valence electrons. The first-order chi connectivity index (χ1) is 35.3. The van der Waals surface area contributed by atoms with E-state index < -0.39 is 112 Å². The van der Waals surface area contributed by atoms with Gasteiger partial charge in [-0.25, -0.2) is 4.79 Å². The maximum atomic E-state index is 15.1. The molecule has 5 heterocycles. The number of cyclic esters (lactones) is 1. The summed E-state index contributed by atoms with van der Waals surface area (Å²) in [6, 6.07) is 3.28. The minimum Gasteiger partial charge on any atom is -0.493 e. The molecule has 20 nitrogen and oxygen atoms in total. The van der Waals surface area contributed by atoms with Crippen molar-refractivity contribution in [2.75, 3.05) is 46.8 Å². The number of methoxy groups -OCH3 is 3. The van der Waals surface area contributed by atoms with Gasteiger partial charge in [0.15, 0.2) is 33.8 Å². The zero-order chi connectivity index (χ0) is 55.5. The van der Waals surface area contributed by atoms with E-state index in [1.807, 2.05) is 43.4 Å². The van der Waals surface area contributed by atoms with Gasteiger partial charge in [-0.3, -0.25) is 19.4 Å². The van der Waals surface area contributed by atoms with Gasteiger partial charge < -0.3 is 73.1 Å². The molecule has 6 rings (SSSR count). The van der Waals surface area contributed by atoms with Gasteiger partial charge in [-0.1, -0.05) is 44.0 Å². The summed E-state index contributed by atoms with van der Waals surface area (Å²) in [6.45, 7) is 15.9. The van der Waals surface area contributed by atoms with Crippen molar-refractivity contribution in [2.45, 2.75) is 170 Å². The fourth-order valence-electron chi connectivity index (χ4n) is 11.1. The second kappa shape index (κ2) is 25.3. The topological polar surface area (TPSA) is 241 Å². The number of amides is 2. The second-order valence-corrected chi connectivity index (χ2v) is 22.9. The van der Waals surface area contributed by atoms with E-state index in [1.165, 1.54) is 44.7 Å². The largest absolute Gasteiger partial charge is 0.493 e. The summed E-state index contributed by atoms with van der Waals surface area (Å²) < 4.78 is 61.6. The van der Waals surface area contributed by atoms with Crippen LogP contribution in [0, 0.1) is 23.7 Å². The standard InChI is InChI=1S/C52H75Cl2IN4O16/c1-25-21-51(8,68-13)44(73-47-40(61)34(56-10)19-26(2)70-47)28(4)41(72-37-22-50(7,67-12)43(62)30(6)71-37)29(5)46(64)74-48(55)52(9)42(27(3)39(25)60)59(49(65)75-52)17-14-18-69-36-20-31(15-16-35(36)66-11)45(63)58-38-32(53)23-57-24-33(38)54/h15-16,20,23-30,34,37,40-44,47-48,56,61-62H,14,17-19,21-22H2,1-13H3,(H,57,58,63)/t25-,26-,27+,28+,29-,30+,34+,37+,40-,41+,42-,43+,44-,47+,48+,50-,51-,52+/m1/s1. The van der Waals surface area contributed by atoms with E-state index >= 15 is 4.79 Å². The smallest absolute Gasteiger partial charge is 0.410 e. The maximum absolute atomic E-state index is 15.1. The molecular formula is C52H75Cl2IN4O16. The molecule has 23 heteroatoms. The molecule has 0 saturated carbocycles. The highest BCUT2D eigenvalue weighted by Gasteiger charge is 2.61. The summed E-state index contributed by atoms with van der Waals surface area (Å²) in [6.07, 6.45) is -4.55. The molecule has 2 amide bonds. The second-order valence-electron chi connectivity index (χ2n) is 20.9. The van der Waals surface area contributed by atoms with E-state index in [0.29, 0.717) is 12.2 Å². The van der Waals surface area contributed by atoms with Crippen molar-refractivity contribution in [1.82, 2.24) is 15.2 Å². The van der Waals surface area contributed by atoms with Gasteiger partial charge >= 0.3 is 12.1 Å². The number of Topliss-reactive ketones (excluding diaryl/α,β-unsaturated/α-hetero) is 1. The van der Waals surface area contributed by atoms with Crippen LogP contribution in [0.3, 0.4) is 0 Å². The van der Waals surface area contributed by atoms with Gasteiger partial charge in [-0.2, -0.15) is 0 Å². The first-order valence-electron chi connectivity index (χ1n) is 25.3. The fourth-order valence-corrected chi connectivity index (χ4v) is 12.3. The lowest BCUT2D eigenvalue weighted by Crippen LogP contribution is -2.61. The number of aliphatic hydroxyl groups excluding tert-OH is 2. The number of halogens is 3. The van der Waals surface area contributed by atoms with Crippen molar-refractivity contribution < 1.29 is 76.8 Å². The molecule has 4 aliphatic heterocycles. The van der Waals surface area contributed by atoms with Crippen LogP contribution in [0.1, 0.15) is 98.4 Å². The van der Waals surface area contributed by atoms with Gasteiger partial charge in [-0.15, -0.1) is 0 Å². The molecule has 1 aromatic heterocycles. The summed E-state index contributed by atoms with van der Waals surface area (Å²) in [5.74, 6) is -4.36. The average Bonchev–Trinajstić information content (AvgIpc) is 3.64. The molecular weight excluding hydrogens is 1130 g/mol. The number of esters is 1. The Labute approximate surface area is 463 Å². The van der Waals surface area contributed by atoms with Gasteiger partial charge in [-0.05, 0) is 109 Å². The zero-order valence-corrected chi connectivity index (χ0v) is 48.6. The minimum absolute atomic E-state index is 0.0297. The highest BCUT2D eigenvalue weighted by molar-refractivity contribution is 14.1. The lowest BCUT2D eigenvalue weighted by molar-refractivity contribution is -0.317. The molecule has 1 aromatic carbocycles. The summed E-state index contributed by atoms with van der Waals surface area (Å²) in [7, 11) is 6.21. The minimum atomic E-state index is -1.57. The number of ether oxygens (including phenoxy) is 10. The molecule has 0 bridgehead atoms. The molecule has 18 atom stereocenters. The number of carbonyl (C=O) groups excluding carboxylic acids is 4. The van der Waals surface area contributed by atoms with Crippen LogP contribution in [-0.4, -0.2) is 168 Å². The zero-order valence-electron chi connectivity index (χ0n) is 44.9. The Bertz CT molecular complexity index is 2320. The Kier molecular flexibility index (Phi) is 20.6. The molecule has 4 aliphatic rings. The number of anilines is 1. The Morgan fingerprint density at radius 3 is 2.21 bits per heavy atom. The number of aliphatic hydroxyl groups is 2. The average molecular weight is 1210 g/mol. The molecule has 4 fully saturated rings. The number of rotatable bonds is 15. The first-order valence-corrected chi connectivity index (χ1v) is 27.3. The predicted molar refractivity (Wildman–Crippen MR) is 284 cm³/mol. The SMILES string of the molecule is CN[C@H]1C[C@@H](C)O[C@@H](O[C@@H]2[C@@H](C)[C@H](O[C@H]3C[C@@](C)(OC)[C@@H](O)[C@H](C)O3)[C@@H](C)C(=O)O[C@H](I)[C@@]3(C)OC(=O)N(CCCOc4cc(C(=O)Nc5c(Cl)cncc5Cl)ccc4OC)[C@@H]3[C@@H](C)C(=O)[C@H](C)C[C@@]2(C)OC)[C@@H]1O. The van der Waals surface area contributed by atoms with Crippen LogP contribution in [-0.2, 0) is 47.5 Å². The van der Waals surface area contributed by atoms with Gasteiger partial charge in [0.1, 0.15) is 18.0 Å². The number of ketones is 1. The number of nitrogens with zero attached hydrogens (tertiary/aromatic N) is 2. The van der Waals surface area contributed by atoms with Crippen LogP contribution in [0.2, 0.25) is 10.0 Å². The van der Waals surface area contributed by atoms with Crippen LogP contribution in [0.15, 0.2) is 30.6 Å². The van der Waals surface area contributed by atoms with Crippen molar-refractivity contribution in [2.24, 2.45) is 23.7 Å². The summed E-state index contributed by atoms with van der Waals surface area (Å²) in [5, 5.41) is 28.9. The van der Waals surface area contributed by atoms with Crippen molar-refractivity contribution in [1.29, 1.82) is 0 Å². The van der Waals surface area contributed by atoms with E-state index in [1.54, 1.807) is 60.7 Å². The monoisotopic (exact) mass is 1210 g/mol. The molecule has 4 saturated heterocycles. The number of alkyl halides is 1. The molecule has 4 N–H and O–H groups in total. The lowest BCUT2D eigenvalue weighted by Gasteiger charge is -2.49. The summed E-state index contributed by atoms with van der Waals surface area (Å²) in [5.41, 5.74) is -3.57.